The van der Waals surface area contributed by atoms with E-state index in [1.807, 2.05) is 25.1 Å². The number of hydrogen-bond acceptors (Lipinski definition) is 2. The molecule has 1 aromatic carbocycles. The highest BCUT2D eigenvalue weighted by Crippen LogP contribution is 2.18. The minimum Gasteiger partial charge on any atom is -0.469 e. The smallest absolute Gasteiger partial charge is 0.170 e. The van der Waals surface area contributed by atoms with E-state index in [9.17, 15) is 4.79 Å². The van der Waals surface area contributed by atoms with E-state index in [0.29, 0.717) is 17.7 Å². The van der Waals surface area contributed by atoms with Crippen LogP contribution in [0.1, 0.15) is 21.7 Å². The van der Waals surface area contributed by atoms with Crippen LogP contribution in [0.5, 0.6) is 0 Å². The number of Topliss-reactive ketones (excluding diaryl/α,β-unsaturated/α-hetero) is 1. The molecule has 0 spiro atoms. The quantitative estimate of drug-likeness (QED) is 0.800. The van der Waals surface area contributed by atoms with Gasteiger partial charge in [-0.3, -0.25) is 4.79 Å². The first-order valence-corrected chi connectivity index (χ1v) is 5.78. The van der Waals surface area contributed by atoms with E-state index < -0.39 is 0 Å². The molecule has 0 saturated heterocycles. The van der Waals surface area contributed by atoms with Crippen molar-refractivity contribution in [3.05, 3.63) is 58.0 Å². The van der Waals surface area contributed by atoms with Gasteiger partial charge in [0, 0.05) is 10.0 Å². The van der Waals surface area contributed by atoms with Gasteiger partial charge < -0.3 is 4.42 Å². The molecule has 2 rings (SSSR count). The highest BCUT2D eigenvalue weighted by atomic mass is 79.9. The van der Waals surface area contributed by atoms with Crippen LogP contribution in [0.25, 0.3) is 0 Å². The van der Waals surface area contributed by atoms with Crippen molar-refractivity contribution >= 4 is 21.7 Å². The van der Waals surface area contributed by atoms with Crippen molar-refractivity contribution < 1.29 is 9.21 Å². The second-order valence-corrected chi connectivity index (χ2v) is 4.50. The van der Waals surface area contributed by atoms with Crippen LogP contribution in [-0.2, 0) is 6.42 Å². The maximum absolute atomic E-state index is 11.9. The van der Waals surface area contributed by atoms with Crippen LogP contribution in [0.2, 0.25) is 0 Å². The number of hydrogen-bond donors (Lipinski definition) is 0. The number of furan rings is 1. The molecule has 0 radical (unpaired) electrons. The van der Waals surface area contributed by atoms with Gasteiger partial charge in [-0.05, 0) is 30.7 Å². The fourth-order valence-corrected chi connectivity index (χ4v) is 1.82. The lowest BCUT2D eigenvalue weighted by Gasteiger charge is -2.02. The van der Waals surface area contributed by atoms with Crippen molar-refractivity contribution in [3.63, 3.8) is 0 Å². The van der Waals surface area contributed by atoms with Gasteiger partial charge in [-0.25, -0.2) is 0 Å². The van der Waals surface area contributed by atoms with Gasteiger partial charge in [-0.2, -0.15) is 0 Å². The van der Waals surface area contributed by atoms with Gasteiger partial charge in [0.25, 0.3) is 0 Å². The Morgan fingerprint density at radius 1 is 1.38 bits per heavy atom. The van der Waals surface area contributed by atoms with E-state index in [-0.39, 0.29) is 5.78 Å². The summed E-state index contributed by atoms with van der Waals surface area (Å²) in [7, 11) is 0. The standard InChI is InChI=1S/C13H11BrO2/c1-9-4-5-10(7-12(9)14)13(15)8-11-3-2-6-16-11/h2-7H,8H2,1H3. The van der Waals surface area contributed by atoms with Crippen molar-refractivity contribution in [2.75, 3.05) is 0 Å². The van der Waals surface area contributed by atoms with Crippen molar-refractivity contribution in [2.45, 2.75) is 13.3 Å². The normalized spacial score (nSPS) is 10.4. The van der Waals surface area contributed by atoms with E-state index in [4.69, 9.17) is 4.42 Å². The first-order chi connectivity index (χ1) is 7.66. The molecular weight excluding hydrogens is 268 g/mol. The summed E-state index contributed by atoms with van der Waals surface area (Å²) >= 11 is 3.42. The molecule has 0 N–H and O–H groups in total. The largest absolute Gasteiger partial charge is 0.469 e. The molecular formula is C13H11BrO2. The van der Waals surface area contributed by atoms with E-state index in [1.54, 1.807) is 18.4 Å². The van der Waals surface area contributed by atoms with Gasteiger partial charge >= 0.3 is 0 Å². The molecule has 0 saturated carbocycles. The third-order valence-electron chi connectivity index (χ3n) is 2.41. The van der Waals surface area contributed by atoms with Gasteiger partial charge in [-0.1, -0.05) is 28.1 Å². The molecule has 0 aliphatic heterocycles. The SMILES string of the molecule is Cc1ccc(C(=O)Cc2ccco2)cc1Br. The predicted octanol–water partition coefficient (Wildman–Crippen LogP) is 3.78. The minimum atomic E-state index is 0.0654. The number of carbonyl (C=O) groups is 1. The third-order valence-corrected chi connectivity index (χ3v) is 3.26. The molecule has 2 nitrogen and oxygen atoms in total. The van der Waals surface area contributed by atoms with Crippen LogP contribution in [0.4, 0.5) is 0 Å². The zero-order valence-corrected chi connectivity index (χ0v) is 10.5. The fourth-order valence-electron chi connectivity index (χ4n) is 1.44. The summed E-state index contributed by atoms with van der Waals surface area (Å²) in [4.78, 5) is 11.9. The van der Waals surface area contributed by atoms with Crippen LogP contribution < -0.4 is 0 Å². The monoisotopic (exact) mass is 278 g/mol. The zero-order valence-electron chi connectivity index (χ0n) is 8.87. The van der Waals surface area contributed by atoms with E-state index in [0.717, 1.165) is 10.0 Å². The Morgan fingerprint density at radius 2 is 2.19 bits per heavy atom. The third kappa shape index (κ3) is 2.42. The summed E-state index contributed by atoms with van der Waals surface area (Å²) in [6.07, 6.45) is 1.89. The van der Waals surface area contributed by atoms with Gasteiger partial charge in [0.15, 0.2) is 5.78 Å². The summed E-state index contributed by atoms with van der Waals surface area (Å²) in [5.41, 5.74) is 1.82. The molecule has 0 atom stereocenters. The van der Waals surface area contributed by atoms with Crippen LogP contribution in [0.3, 0.4) is 0 Å². The Labute approximate surface area is 102 Å². The van der Waals surface area contributed by atoms with Crippen LogP contribution in [-0.4, -0.2) is 5.78 Å². The molecule has 82 valence electrons. The van der Waals surface area contributed by atoms with Crippen LogP contribution in [0.15, 0.2) is 45.5 Å². The molecule has 0 aliphatic rings. The average Bonchev–Trinajstić information content (AvgIpc) is 2.74. The lowest BCUT2D eigenvalue weighted by atomic mass is 10.1. The number of rotatable bonds is 3. The number of ketones is 1. The molecule has 16 heavy (non-hydrogen) atoms. The maximum Gasteiger partial charge on any atom is 0.170 e. The molecule has 1 heterocycles. The Balaban J connectivity index is 2.18. The minimum absolute atomic E-state index is 0.0654. The van der Waals surface area contributed by atoms with Crippen LogP contribution >= 0.6 is 15.9 Å². The molecule has 0 bridgehead atoms. The Morgan fingerprint density at radius 3 is 2.81 bits per heavy atom. The Hall–Kier alpha value is -1.35. The first kappa shape index (κ1) is 11.1. The predicted molar refractivity (Wildman–Crippen MR) is 65.6 cm³/mol. The van der Waals surface area contributed by atoms with Gasteiger partial charge in [0.1, 0.15) is 5.76 Å². The Bertz CT molecular complexity index is 501. The summed E-state index contributed by atoms with van der Waals surface area (Å²) in [5.74, 6) is 0.761. The second-order valence-electron chi connectivity index (χ2n) is 3.64. The second kappa shape index (κ2) is 4.66. The molecule has 0 fully saturated rings. The van der Waals surface area contributed by atoms with E-state index >= 15 is 0 Å². The maximum atomic E-state index is 11.9. The first-order valence-electron chi connectivity index (χ1n) is 4.98. The van der Waals surface area contributed by atoms with Gasteiger partial charge in [0.2, 0.25) is 0 Å². The molecule has 0 amide bonds. The topological polar surface area (TPSA) is 30.2 Å². The van der Waals surface area contributed by atoms with Crippen molar-refractivity contribution in [1.29, 1.82) is 0 Å². The summed E-state index contributed by atoms with van der Waals surface area (Å²) < 4.78 is 6.10. The van der Waals surface area contributed by atoms with Gasteiger partial charge in [-0.15, -0.1) is 0 Å². The summed E-state index contributed by atoms with van der Waals surface area (Å²) in [6, 6.07) is 9.21. The number of carbonyl (C=O) groups excluding carboxylic acids is 1. The van der Waals surface area contributed by atoms with Crippen molar-refractivity contribution in [3.8, 4) is 0 Å². The molecule has 0 unspecified atom stereocenters. The zero-order chi connectivity index (χ0) is 11.5. The molecule has 0 aliphatic carbocycles. The van der Waals surface area contributed by atoms with E-state index in [1.165, 1.54) is 0 Å². The number of benzene rings is 1. The van der Waals surface area contributed by atoms with Crippen molar-refractivity contribution in [2.24, 2.45) is 0 Å². The summed E-state index contributed by atoms with van der Waals surface area (Å²) in [6.45, 7) is 1.99. The van der Waals surface area contributed by atoms with Gasteiger partial charge in [0.05, 0.1) is 12.7 Å². The lowest BCUT2D eigenvalue weighted by Crippen LogP contribution is -2.02. The highest BCUT2D eigenvalue weighted by molar-refractivity contribution is 9.10. The van der Waals surface area contributed by atoms with Crippen LogP contribution in [0, 0.1) is 6.92 Å². The molecule has 3 heteroatoms. The van der Waals surface area contributed by atoms with Crippen molar-refractivity contribution in [1.82, 2.24) is 0 Å². The summed E-state index contributed by atoms with van der Waals surface area (Å²) in [5, 5.41) is 0. The highest BCUT2D eigenvalue weighted by Gasteiger charge is 2.09. The molecule has 1 aromatic heterocycles. The average molecular weight is 279 g/mol. The fraction of sp³-hybridized carbons (Fsp3) is 0.154. The Kier molecular flexibility index (Phi) is 3.25. The van der Waals surface area contributed by atoms with E-state index in [2.05, 4.69) is 15.9 Å². The number of aryl methyl sites for hydroxylation is 1. The lowest BCUT2D eigenvalue weighted by molar-refractivity contribution is 0.0987. The number of halogens is 1. The molecule has 2 aromatic rings.